The fraction of sp³-hybridized carbons (Fsp3) is 0.0909. The zero-order valence-corrected chi connectivity index (χ0v) is 15.9. The lowest BCUT2D eigenvalue weighted by molar-refractivity contribution is -0.122. The number of benzene rings is 3. The Morgan fingerprint density at radius 1 is 1.07 bits per heavy atom. The highest BCUT2D eigenvalue weighted by molar-refractivity contribution is 7.21. The molecule has 1 aromatic heterocycles. The molecule has 4 nitrogen and oxygen atoms in total. The number of amides is 1. The van der Waals surface area contributed by atoms with Crippen molar-refractivity contribution in [3.8, 4) is 16.3 Å². The Morgan fingerprint density at radius 3 is 2.68 bits per heavy atom. The predicted molar refractivity (Wildman–Crippen MR) is 110 cm³/mol. The molecule has 140 valence electrons. The third kappa shape index (κ3) is 3.87. The van der Waals surface area contributed by atoms with Crippen LogP contribution in [0.4, 0.5) is 10.1 Å². The molecule has 0 fully saturated rings. The van der Waals surface area contributed by atoms with E-state index in [2.05, 4.69) is 10.3 Å². The highest BCUT2D eigenvalue weighted by Crippen LogP contribution is 2.31. The summed E-state index contributed by atoms with van der Waals surface area (Å²) < 4.78 is 20.3. The van der Waals surface area contributed by atoms with Crippen LogP contribution in [0, 0.1) is 5.82 Å². The molecule has 0 unspecified atom stereocenters. The van der Waals surface area contributed by atoms with Crippen LogP contribution in [0.5, 0.6) is 5.75 Å². The first-order chi connectivity index (χ1) is 13.6. The first-order valence-electron chi connectivity index (χ1n) is 8.78. The summed E-state index contributed by atoms with van der Waals surface area (Å²) in [4.78, 5) is 17.1. The van der Waals surface area contributed by atoms with Crippen molar-refractivity contribution in [2.75, 3.05) is 5.32 Å². The molecule has 1 atom stereocenters. The van der Waals surface area contributed by atoms with Gasteiger partial charge in [0.1, 0.15) is 5.01 Å². The van der Waals surface area contributed by atoms with E-state index in [1.807, 2.05) is 42.5 Å². The zero-order chi connectivity index (χ0) is 19.5. The monoisotopic (exact) mass is 392 g/mol. The quantitative estimate of drug-likeness (QED) is 0.487. The standard InChI is InChI=1S/C22H17FN2O2S/c1-14(27-19-11-4-2-9-17(19)23)21(26)24-16-8-6-7-15(13-16)22-25-18-10-3-5-12-20(18)28-22/h2-14H,1H3,(H,24,26)/t14-/m1/s1. The number of ether oxygens (including phenoxy) is 1. The molecule has 0 aliphatic rings. The maximum absolute atomic E-state index is 13.7. The third-order valence-electron chi connectivity index (χ3n) is 4.18. The average Bonchev–Trinajstić information content (AvgIpc) is 3.14. The molecule has 4 rings (SSSR count). The van der Waals surface area contributed by atoms with Gasteiger partial charge in [-0.2, -0.15) is 0 Å². The van der Waals surface area contributed by atoms with E-state index in [9.17, 15) is 9.18 Å². The van der Waals surface area contributed by atoms with Crippen LogP contribution in [-0.4, -0.2) is 17.0 Å². The molecule has 0 saturated carbocycles. The molecule has 6 heteroatoms. The number of anilines is 1. The van der Waals surface area contributed by atoms with Gasteiger partial charge in [-0.1, -0.05) is 36.4 Å². The van der Waals surface area contributed by atoms with E-state index >= 15 is 0 Å². The van der Waals surface area contributed by atoms with Crippen LogP contribution in [0.1, 0.15) is 6.92 Å². The largest absolute Gasteiger partial charge is 0.478 e. The van der Waals surface area contributed by atoms with E-state index < -0.39 is 11.9 Å². The molecule has 28 heavy (non-hydrogen) atoms. The summed E-state index contributed by atoms with van der Waals surface area (Å²) >= 11 is 1.60. The van der Waals surface area contributed by atoms with Crippen molar-refractivity contribution in [3.05, 3.63) is 78.6 Å². The molecule has 1 heterocycles. The summed E-state index contributed by atoms with van der Waals surface area (Å²) in [5, 5.41) is 3.70. The number of aromatic nitrogens is 1. The summed E-state index contributed by atoms with van der Waals surface area (Å²) in [5.74, 6) is -0.807. The Hall–Kier alpha value is -3.25. The van der Waals surface area contributed by atoms with Gasteiger partial charge in [0, 0.05) is 11.3 Å². The number of para-hydroxylation sites is 2. The number of carbonyl (C=O) groups excluding carboxylic acids is 1. The number of fused-ring (bicyclic) bond motifs is 1. The molecular weight excluding hydrogens is 375 g/mol. The first-order valence-corrected chi connectivity index (χ1v) is 9.60. The molecule has 0 spiro atoms. The number of rotatable bonds is 5. The van der Waals surface area contributed by atoms with E-state index in [1.165, 1.54) is 12.1 Å². The molecule has 0 saturated heterocycles. The second-order valence-corrected chi connectivity index (χ2v) is 7.28. The summed E-state index contributed by atoms with van der Waals surface area (Å²) in [6.07, 6.45) is -0.844. The topological polar surface area (TPSA) is 51.2 Å². The van der Waals surface area contributed by atoms with Gasteiger partial charge in [0.05, 0.1) is 10.2 Å². The van der Waals surface area contributed by atoms with E-state index in [4.69, 9.17) is 4.74 Å². The van der Waals surface area contributed by atoms with Crippen LogP contribution in [0.25, 0.3) is 20.8 Å². The van der Waals surface area contributed by atoms with Gasteiger partial charge in [0.15, 0.2) is 17.7 Å². The molecule has 3 aromatic carbocycles. The maximum Gasteiger partial charge on any atom is 0.265 e. The Morgan fingerprint density at radius 2 is 1.86 bits per heavy atom. The molecular formula is C22H17FN2O2S. The normalized spacial score (nSPS) is 11.9. The number of nitrogens with zero attached hydrogens (tertiary/aromatic N) is 1. The highest BCUT2D eigenvalue weighted by Gasteiger charge is 2.17. The van der Waals surface area contributed by atoms with Crippen LogP contribution >= 0.6 is 11.3 Å². The lowest BCUT2D eigenvalue weighted by Gasteiger charge is -2.15. The summed E-state index contributed by atoms with van der Waals surface area (Å²) in [6.45, 7) is 1.58. The van der Waals surface area contributed by atoms with Crippen molar-refractivity contribution in [1.29, 1.82) is 0 Å². The average molecular weight is 392 g/mol. The van der Waals surface area contributed by atoms with Crippen molar-refractivity contribution in [2.24, 2.45) is 0 Å². The predicted octanol–water partition coefficient (Wildman–Crippen LogP) is 5.51. The van der Waals surface area contributed by atoms with Gasteiger partial charge in [-0.15, -0.1) is 11.3 Å². The summed E-state index contributed by atoms with van der Waals surface area (Å²) in [6, 6.07) is 21.4. The smallest absolute Gasteiger partial charge is 0.265 e. The van der Waals surface area contributed by atoms with Crippen LogP contribution in [0.2, 0.25) is 0 Å². The van der Waals surface area contributed by atoms with Crippen LogP contribution in [-0.2, 0) is 4.79 Å². The van der Waals surface area contributed by atoms with Crippen molar-refractivity contribution in [2.45, 2.75) is 13.0 Å². The molecule has 0 radical (unpaired) electrons. The lowest BCUT2D eigenvalue weighted by Crippen LogP contribution is -2.30. The number of halogens is 1. The Bertz CT molecular complexity index is 1110. The van der Waals surface area contributed by atoms with Crippen LogP contribution in [0.15, 0.2) is 72.8 Å². The fourth-order valence-corrected chi connectivity index (χ4v) is 3.72. The second kappa shape index (κ2) is 7.78. The molecule has 0 aliphatic heterocycles. The van der Waals surface area contributed by atoms with Gasteiger partial charge in [-0.05, 0) is 43.3 Å². The van der Waals surface area contributed by atoms with Crippen LogP contribution < -0.4 is 10.1 Å². The number of carbonyl (C=O) groups is 1. The molecule has 4 aromatic rings. The van der Waals surface area contributed by atoms with E-state index in [-0.39, 0.29) is 11.7 Å². The van der Waals surface area contributed by atoms with E-state index in [1.54, 1.807) is 36.5 Å². The van der Waals surface area contributed by atoms with Crippen molar-refractivity contribution < 1.29 is 13.9 Å². The molecule has 1 amide bonds. The lowest BCUT2D eigenvalue weighted by atomic mass is 10.2. The zero-order valence-electron chi connectivity index (χ0n) is 15.1. The Labute approximate surface area is 165 Å². The van der Waals surface area contributed by atoms with Gasteiger partial charge in [-0.3, -0.25) is 4.79 Å². The number of hydrogen-bond acceptors (Lipinski definition) is 4. The van der Waals surface area contributed by atoms with E-state index in [0.717, 1.165) is 20.8 Å². The van der Waals surface area contributed by atoms with Gasteiger partial charge in [-0.25, -0.2) is 9.37 Å². The van der Waals surface area contributed by atoms with Gasteiger partial charge in [0.25, 0.3) is 5.91 Å². The maximum atomic E-state index is 13.7. The molecule has 1 N–H and O–H groups in total. The third-order valence-corrected chi connectivity index (χ3v) is 5.27. The minimum absolute atomic E-state index is 0.0494. The fourth-order valence-electron chi connectivity index (χ4n) is 2.75. The number of hydrogen-bond donors (Lipinski definition) is 1. The molecule has 0 aliphatic carbocycles. The van der Waals surface area contributed by atoms with Gasteiger partial charge < -0.3 is 10.1 Å². The minimum atomic E-state index is -0.844. The Balaban J connectivity index is 1.50. The van der Waals surface area contributed by atoms with Gasteiger partial charge in [0.2, 0.25) is 0 Å². The second-order valence-electron chi connectivity index (χ2n) is 6.25. The van der Waals surface area contributed by atoms with Crippen molar-refractivity contribution in [3.63, 3.8) is 0 Å². The summed E-state index contributed by atoms with van der Waals surface area (Å²) in [7, 11) is 0. The van der Waals surface area contributed by atoms with Crippen LogP contribution in [0.3, 0.4) is 0 Å². The number of thiazole rings is 1. The molecule has 0 bridgehead atoms. The van der Waals surface area contributed by atoms with Crippen molar-refractivity contribution in [1.82, 2.24) is 4.98 Å². The van der Waals surface area contributed by atoms with E-state index in [0.29, 0.717) is 5.69 Å². The highest BCUT2D eigenvalue weighted by atomic mass is 32.1. The first kappa shape index (κ1) is 18.1. The minimum Gasteiger partial charge on any atom is -0.478 e. The van der Waals surface area contributed by atoms with Gasteiger partial charge >= 0.3 is 0 Å². The summed E-state index contributed by atoms with van der Waals surface area (Å²) in [5.41, 5.74) is 2.50. The van der Waals surface area contributed by atoms with Crippen molar-refractivity contribution >= 4 is 33.1 Å². The SMILES string of the molecule is C[C@@H](Oc1ccccc1F)C(=O)Nc1cccc(-c2nc3ccccc3s2)c1. The number of nitrogens with one attached hydrogen (secondary N) is 1. The Kier molecular flexibility index (Phi) is 5.04.